The van der Waals surface area contributed by atoms with E-state index in [2.05, 4.69) is 5.32 Å². The number of esters is 1. The largest absolute Gasteiger partial charge is 0.492 e. The standard InChI is InChI=1S/C16H18ClNO6S/c17-12-1-2-14-10(6-12)5-11(7-23-14)16(20)24-8-15(19)18-13-3-4-25(21,22)9-13/h1-2,6,11,13H,3-5,7-9H2,(H,18,19)/t11-,13+/m0/s1. The summed E-state index contributed by atoms with van der Waals surface area (Å²) in [5.74, 6) is -0.852. The fourth-order valence-electron chi connectivity index (χ4n) is 2.95. The fraction of sp³-hybridized carbons (Fsp3) is 0.500. The fourth-order valence-corrected chi connectivity index (χ4v) is 4.82. The zero-order chi connectivity index (χ0) is 18.0. The molecule has 3 rings (SSSR count). The van der Waals surface area contributed by atoms with Gasteiger partial charge in [-0.2, -0.15) is 0 Å². The van der Waals surface area contributed by atoms with Gasteiger partial charge < -0.3 is 14.8 Å². The van der Waals surface area contributed by atoms with E-state index in [1.54, 1.807) is 18.2 Å². The Morgan fingerprint density at radius 1 is 1.36 bits per heavy atom. The van der Waals surface area contributed by atoms with E-state index >= 15 is 0 Å². The maximum atomic E-state index is 12.1. The van der Waals surface area contributed by atoms with Crippen LogP contribution in [-0.2, 0) is 30.6 Å². The van der Waals surface area contributed by atoms with Crippen LogP contribution in [0.3, 0.4) is 0 Å². The Labute approximate surface area is 150 Å². The third kappa shape index (κ3) is 4.64. The van der Waals surface area contributed by atoms with Crippen LogP contribution in [0, 0.1) is 5.92 Å². The average molecular weight is 388 g/mol. The molecule has 2 aliphatic heterocycles. The van der Waals surface area contributed by atoms with Gasteiger partial charge in [0.25, 0.3) is 5.91 Å². The van der Waals surface area contributed by atoms with Crippen LogP contribution in [0.2, 0.25) is 5.02 Å². The van der Waals surface area contributed by atoms with Gasteiger partial charge in [-0.15, -0.1) is 0 Å². The molecule has 7 nitrogen and oxygen atoms in total. The molecule has 136 valence electrons. The summed E-state index contributed by atoms with van der Waals surface area (Å²) >= 11 is 5.94. The quantitative estimate of drug-likeness (QED) is 0.765. The van der Waals surface area contributed by atoms with Crippen LogP contribution in [0.1, 0.15) is 12.0 Å². The number of halogens is 1. The molecule has 0 unspecified atom stereocenters. The van der Waals surface area contributed by atoms with Gasteiger partial charge in [-0.1, -0.05) is 11.6 Å². The lowest BCUT2D eigenvalue weighted by molar-refractivity contribution is -0.154. The first-order valence-corrected chi connectivity index (χ1v) is 10.1. The Morgan fingerprint density at radius 3 is 2.88 bits per heavy atom. The molecule has 0 saturated carbocycles. The molecular formula is C16H18ClNO6S. The average Bonchev–Trinajstić information content (AvgIpc) is 2.90. The number of hydrogen-bond donors (Lipinski definition) is 1. The van der Waals surface area contributed by atoms with Gasteiger partial charge in [0.15, 0.2) is 16.4 Å². The van der Waals surface area contributed by atoms with Gasteiger partial charge in [-0.3, -0.25) is 9.59 Å². The second-order valence-corrected chi connectivity index (χ2v) is 8.90. The highest BCUT2D eigenvalue weighted by molar-refractivity contribution is 7.91. The molecular weight excluding hydrogens is 370 g/mol. The molecule has 1 aromatic rings. The van der Waals surface area contributed by atoms with E-state index in [1.807, 2.05) is 0 Å². The Kier molecular flexibility index (Phi) is 5.19. The van der Waals surface area contributed by atoms with Crippen LogP contribution in [0.5, 0.6) is 5.75 Å². The molecule has 0 radical (unpaired) electrons. The van der Waals surface area contributed by atoms with E-state index in [-0.39, 0.29) is 18.1 Å². The van der Waals surface area contributed by atoms with Gasteiger partial charge in [0.05, 0.1) is 17.4 Å². The smallest absolute Gasteiger partial charge is 0.313 e. The molecule has 1 amide bonds. The predicted molar refractivity (Wildman–Crippen MR) is 90.3 cm³/mol. The number of rotatable bonds is 4. The van der Waals surface area contributed by atoms with E-state index in [0.717, 1.165) is 5.56 Å². The van der Waals surface area contributed by atoms with Gasteiger partial charge in [0.1, 0.15) is 12.4 Å². The molecule has 1 fully saturated rings. The van der Waals surface area contributed by atoms with E-state index < -0.39 is 40.3 Å². The van der Waals surface area contributed by atoms with Crippen LogP contribution < -0.4 is 10.1 Å². The Hall–Kier alpha value is -1.80. The highest BCUT2D eigenvalue weighted by atomic mass is 35.5. The lowest BCUT2D eigenvalue weighted by atomic mass is 9.97. The lowest BCUT2D eigenvalue weighted by Crippen LogP contribution is -2.39. The molecule has 2 aliphatic rings. The van der Waals surface area contributed by atoms with Crippen molar-refractivity contribution < 1.29 is 27.5 Å². The second kappa shape index (κ2) is 7.21. The van der Waals surface area contributed by atoms with E-state index in [0.29, 0.717) is 23.6 Å². The third-order valence-electron chi connectivity index (χ3n) is 4.21. The third-order valence-corrected chi connectivity index (χ3v) is 6.21. The Morgan fingerprint density at radius 2 is 2.16 bits per heavy atom. The number of carbonyl (C=O) groups is 2. The molecule has 1 aromatic carbocycles. The molecule has 1 saturated heterocycles. The Balaban J connectivity index is 1.47. The first-order valence-electron chi connectivity index (χ1n) is 7.90. The highest BCUT2D eigenvalue weighted by Gasteiger charge is 2.30. The number of amides is 1. The zero-order valence-corrected chi connectivity index (χ0v) is 14.9. The summed E-state index contributed by atoms with van der Waals surface area (Å²) in [4.78, 5) is 23.9. The minimum absolute atomic E-state index is 0.0686. The van der Waals surface area contributed by atoms with Crippen molar-refractivity contribution >= 4 is 33.3 Å². The molecule has 0 aliphatic carbocycles. The topological polar surface area (TPSA) is 98.8 Å². The zero-order valence-electron chi connectivity index (χ0n) is 13.4. The summed E-state index contributed by atoms with van der Waals surface area (Å²) in [6.07, 6.45) is 0.813. The number of nitrogens with one attached hydrogen (secondary N) is 1. The van der Waals surface area contributed by atoms with E-state index in [1.165, 1.54) is 0 Å². The number of ether oxygens (including phenoxy) is 2. The lowest BCUT2D eigenvalue weighted by Gasteiger charge is -2.24. The molecule has 0 spiro atoms. The maximum absolute atomic E-state index is 12.1. The SMILES string of the molecule is O=C(COC(=O)[C@@H]1COc2ccc(Cl)cc2C1)N[C@@H]1CCS(=O)(=O)C1. The summed E-state index contributed by atoms with van der Waals surface area (Å²) in [6, 6.07) is 4.79. The molecule has 9 heteroatoms. The first kappa shape index (κ1) is 18.0. The molecule has 2 atom stereocenters. The summed E-state index contributed by atoms with van der Waals surface area (Å²) in [7, 11) is -3.07. The van der Waals surface area contributed by atoms with Crippen molar-refractivity contribution in [2.45, 2.75) is 18.9 Å². The van der Waals surface area contributed by atoms with E-state index in [4.69, 9.17) is 21.1 Å². The second-order valence-electron chi connectivity index (χ2n) is 6.24. The number of benzene rings is 1. The summed E-state index contributed by atoms with van der Waals surface area (Å²) in [5.41, 5.74) is 0.821. The van der Waals surface area contributed by atoms with Crippen molar-refractivity contribution in [3.05, 3.63) is 28.8 Å². The van der Waals surface area contributed by atoms with Gasteiger partial charge in [-0.25, -0.2) is 8.42 Å². The molecule has 1 N–H and O–H groups in total. The molecule has 0 aromatic heterocycles. The van der Waals surface area contributed by atoms with Crippen LogP contribution in [-0.4, -0.2) is 51.1 Å². The molecule has 25 heavy (non-hydrogen) atoms. The van der Waals surface area contributed by atoms with Gasteiger partial charge >= 0.3 is 5.97 Å². The number of fused-ring (bicyclic) bond motifs is 1. The monoisotopic (exact) mass is 387 g/mol. The maximum Gasteiger partial charge on any atom is 0.313 e. The minimum atomic E-state index is -3.07. The highest BCUT2D eigenvalue weighted by Crippen LogP contribution is 2.30. The van der Waals surface area contributed by atoms with Crippen molar-refractivity contribution in [3.8, 4) is 5.75 Å². The van der Waals surface area contributed by atoms with Crippen LogP contribution >= 0.6 is 11.6 Å². The van der Waals surface area contributed by atoms with Crippen molar-refractivity contribution in [2.24, 2.45) is 5.92 Å². The first-order chi connectivity index (χ1) is 11.8. The number of sulfone groups is 1. The van der Waals surface area contributed by atoms with Crippen LogP contribution in [0.15, 0.2) is 18.2 Å². The van der Waals surface area contributed by atoms with Gasteiger partial charge in [0, 0.05) is 11.1 Å². The van der Waals surface area contributed by atoms with Crippen molar-refractivity contribution in [3.63, 3.8) is 0 Å². The molecule has 0 bridgehead atoms. The number of carbonyl (C=O) groups excluding carboxylic acids is 2. The Bertz CT molecular complexity index is 794. The summed E-state index contributed by atoms with van der Waals surface area (Å²) < 4.78 is 33.3. The van der Waals surface area contributed by atoms with Crippen molar-refractivity contribution in [2.75, 3.05) is 24.7 Å². The predicted octanol–water partition coefficient (Wildman–Crippen LogP) is 0.738. The minimum Gasteiger partial charge on any atom is -0.492 e. The van der Waals surface area contributed by atoms with Crippen molar-refractivity contribution in [1.29, 1.82) is 0 Å². The number of hydrogen-bond acceptors (Lipinski definition) is 6. The summed E-state index contributed by atoms with van der Waals surface area (Å²) in [6.45, 7) is -0.260. The van der Waals surface area contributed by atoms with E-state index in [9.17, 15) is 18.0 Å². The van der Waals surface area contributed by atoms with Crippen LogP contribution in [0.4, 0.5) is 0 Å². The van der Waals surface area contributed by atoms with Crippen molar-refractivity contribution in [1.82, 2.24) is 5.32 Å². The van der Waals surface area contributed by atoms with Gasteiger partial charge in [-0.05, 0) is 36.6 Å². The summed E-state index contributed by atoms with van der Waals surface area (Å²) in [5, 5.41) is 3.13. The van der Waals surface area contributed by atoms with Gasteiger partial charge in [0.2, 0.25) is 0 Å². The van der Waals surface area contributed by atoms with Crippen LogP contribution in [0.25, 0.3) is 0 Å². The molecule has 2 heterocycles. The normalized spacial score (nSPS) is 24.0.